The second-order valence-corrected chi connectivity index (χ2v) is 15.2. The van der Waals surface area contributed by atoms with Gasteiger partial charge in [0, 0.05) is 22.7 Å². The van der Waals surface area contributed by atoms with E-state index in [1.807, 2.05) is 20.8 Å². The third-order valence-electron chi connectivity index (χ3n) is 8.51. The summed E-state index contributed by atoms with van der Waals surface area (Å²) in [6.45, 7) is 11.5. The first-order chi connectivity index (χ1) is 21.9. The Kier molecular flexibility index (Phi) is 9.40. The third-order valence-corrected chi connectivity index (χ3v) is 9.04. The topological polar surface area (TPSA) is 106 Å². The van der Waals surface area contributed by atoms with Crippen molar-refractivity contribution in [3.05, 3.63) is 87.2 Å². The number of hydrogen-bond donors (Lipinski definition) is 3. The normalized spacial score (nSPS) is 22.2. The first-order valence-electron chi connectivity index (χ1n) is 15.5. The number of halogens is 3. The van der Waals surface area contributed by atoms with Crippen LogP contribution >= 0.6 is 23.2 Å². The molecule has 47 heavy (non-hydrogen) atoms. The van der Waals surface area contributed by atoms with Gasteiger partial charge in [-0.15, -0.1) is 0 Å². The van der Waals surface area contributed by atoms with E-state index in [0.717, 1.165) is 0 Å². The van der Waals surface area contributed by atoms with Crippen LogP contribution < -0.4 is 20.7 Å². The van der Waals surface area contributed by atoms with Crippen LogP contribution in [0.4, 0.5) is 15.8 Å². The molecule has 2 aliphatic rings. The monoisotopic (exact) mass is 683 g/mol. The van der Waals surface area contributed by atoms with Crippen molar-refractivity contribution < 1.29 is 28.2 Å². The SMILES string of the molecule is COc1cc(CC(=O)OC(C)(C)C)ccc1NC(=O)[C@@H]1N[C@@H](CC(C)(C)C)[C@@]2(C(=O)Nc3cc(Cl)ccc32)[C@H]1c1cccc(Cl)c1F. The molecule has 2 aliphatic heterocycles. The van der Waals surface area contributed by atoms with Crippen LogP contribution in [0.25, 0.3) is 0 Å². The molecule has 4 atom stereocenters. The van der Waals surface area contributed by atoms with Gasteiger partial charge < -0.3 is 25.4 Å². The zero-order valence-electron chi connectivity index (χ0n) is 27.5. The lowest BCUT2D eigenvalue weighted by Gasteiger charge is -2.37. The zero-order chi connectivity index (χ0) is 34.5. The van der Waals surface area contributed by atoms with Crippen LogP contribution in [0.5, 0.6) is 5.75 Å². The van der Waals surface area contributed by atoms with E-state index in [2.05, 4.69) is 16.0 Å². The van der Waals surface area contributed by atoms with Crippen molar-refractivity contribution in [3.63, 3.8) is 0 Å². The zero-order valence-corrected chi connectivity index (χ0v) is 29.0. The lowest BCUT2D eigenvalue weighted by atomic mass is 9.62. The minimum absolute atomic E-state index is 0.0116. The van der Waals surface area contributed by atoms with Crippen molar-refractivity contribution in [3.8, 4) is 5.75 Å². The Labute approximate surface area is 284 Å². The van der Waals surface area contributed by atoms with E-state index in [-0.39, 0.29) is 28.3 Å². The number of nitrogens with one attached hydrogen (secondary N) is 3. The fourth-order valence-electron chi connectivity index (χ4n) is 6.86. The number of rotatable bonds is 7. The number of anilines is 2. The molecule has 0 bridgehead atoms. The van der Waals surface area contributed by atoms with E-state index in [1.54, 1.807) is 69.3 Å². The van der Waals surface area contributed by atoms with E-state index in [4.69, 9.17) is 32.7 Å². The second kappa shape index (κ2) is 12.7. The van der Waals surface area contributed by atoms with Gasteiger partial charge in [0.1, 0.15) is 22.6 Å². The highest BCUT2D eigenvalue weighted by Crippen LogP contribution is 2.57. The fraction of sp³-hybridized carbons (Fsp3) is 0.417. The molecule has 11 heteroatoms. The van der Waals surface area contributed by atoms with Gasteiger partial charge in [-0.25, -0.2) is 4.39 Å². The van der Waals surface area contributed by atoms with Crippen LogP contribution in [0.2, 0.25) is 10.0 Å². The largest absolute Gasteiger partial charge is 0.495 e. The molecule has 1 saturated heterocycles. The Morgan fingerprint density at radius 2 is 1.74 bits per heavy atom. The molecule has 250 valence electrons. The fourth-order valence-corrected chi connectivity index (χ4v) is 7.21. The first-order valence-corrected chi connectivity index (χ1v) is 16.2. The van der Waals surface area contributed by atoms with Gasteiger partial charge in [0.2, 0.25) is 11.8 Å². The summed E-state index contributed by atoms with van der Waals surface area (Å²) in [5.41, 5.74) is -0.0512. The lowest BCUT2D eigenvalue weighted by Crippen LogP contribution is -2.49. The highest BCUT2D eigenvalue weighted by atomic mass is 35.5. The smallest absolute Gasteiger partial charge is 0.310 e. The van der Waals surface area contributed by atoms with Gasteiger partial charge in [-0.3, -0.25) is 14.4 Å². The van der Waals surface area contributed by atoms with Gasteiger partial charge in [-0.05, 0) is 79.6 Å². The van der Waals surface area contributed by atoms with Gasteiger partial charge in [-0.1, -0.05) is 68.2 Å². The Morgan fingerprint density at radius 1 is 1.02 bits per heavy atom. The molecule has 0 aromatic heterocycles. The number of methoxy groups -OCH3 is 1. The number of amides is 2. The van der Waals surface area contributed by atoms with E-state index in [0.29, 0.717) is 39.7 Å². The Balaban J connectivity index is 1.59. The standard InChI is InChI=1S/C36H40Cl2FN3O5/c1-34(2,3)18-27-36(22-13-12-20(37)17-25(22)41-33(36)45)29(21-9-8-10-23(38)30(21)39)31(42-27)32(44)40-24-14-11-19(15-26(24)46-7)16-28(43)47-35(4,5)6/h8-15,17,27,29,31,42H,16,18H2,1-7H3,(H,40,44)(H,41,45)/t27-,29-,31+,36+/m0/s1. The van der Waals surface area contributed by atoms with Crippen molar-refractivity contribution in [1.82, 2.24) is 5.32 Å². The lowest BCUT2D eigenvalue weighted by molar-refractivity contribution is -0.153. The molecule has 1 spiro atoms. The molecule has 5 rings (SSSR count). The van der Waals surface area contributed by atoms with Crippen molar-refractivity contribution in [2.45, 2.75) is 83.4 Å². The molecule has 2 heterocycles. The summed E-state index contributed by atoms with van der Waals surface area (Å²) in [7, 11) is 1.46. The van der Waals surface area contributed by atoms with Crippen LogP contribution in [-0.4, -0.2) is 42.6 Å². The Morgan fingerprint density at radius 3 is 2.40 bits per heavy atom. The molecule has 3 aromatic rings. The van der Waals surface area contributed by atoms with Crippen LogP contribution in [0.1, 0.15) is 70.6 Å². The maximum atomic E-state index is 16.1. The second-order valence-electron chi connectivity index (χ2n) is 14.4. The molecule has 3 aromatic carbocycles. The summed E-state index contributed by atoms with van der Waals surface area (Å²) in [4.78, 5) is 41.2. The predicted molar refractivity (Wildman–Crippen MR) is 182 cm³/mol. The molecule has 0 unspecified atom stereocenters. The minimum Gasteiger partial charge on any atom is -0.495 e. The van der Waals surface area contributed by atoms with E-state index < -0.39 is 46.7 Å². The summed E-state index contributed by atoms with van der Waals surface area (Å²) in [5.74, 6) is -2.65. The van der Waals surface area contributed by atoms with Gasteiger partial charge in [0.25, 0.3) is 0 Å². The quantitative estimate of drug-likeness (QED) is 0.224. The average Bonchev–Trinajstić information content (AvgIpc) is 3.43. The summed E-state index contributed by atoms with van der Waals surface area (Å²) in [5, 5.41) is 9.69. The van der Waals surface area contributed by atoms with Crippen LogP contribution in [0.3, 0.4) is 0 Å². The van der Waals surface area contributed by atoms with Gasteiger partial charge in [0.15, 0.2) is 0 Å². The Bertz CT molecular complexity index is 1730. The number of benzene rings is 3. The molecule has 3 N–H and O–H groups in total. The molecular formula is C36H40Cl2FN3O5. The van der Waals surface area contributed by atoms with Gasteiger partial charge >= 0.3 is 5.97 Å². The number of hydrogen-bond acceptors (Lipinski definition) is 6. The number of fused-ring (bicyclic) bond motifs is 2. The first kappa shape index (κ1) is 34.7. The Hall–Kier alpha value is -3.66. The van der Waals surface area contributed by atoms with Crippen molar-refractivity contribution in [1.29, 1.82) is 0 Å². The number of carbonyl (C=O) groups excluding carboxylic acids is 3. The minimum atomic E-state index is -1.39. The number of esters is 1. The highest BCUT2D eigenvalue weighted by molar-refractivity contribution is 6.31. The van der Waals surface area contributed by atoms with E-state index >= 15 is 4.39 Å². The van der Waals surface area contributed by atoms with E-state index in [9.17, 15) is 14.4 Å². The van der Waals surface area contributed by atoms with Crippen LogP contribution in [0, 0.1) is 11.2 Å². The summed E-state index contributed by atoms with van der Waals surface area (Å²) < 4.78 is 27.1. The van der Waals surface area contributed by atoms with Crippen LogP contribution in [-0.2, 0) is 31.0 Å². The molecule has 0 aliphatic carbocycles. The maximum Gasteiger partial charge on any atom is 0.310 e. The maximum absolute atomic E-state index is 16.1. The molecule has 8 nitrogen and oxygen atoms in total. The van der Waals surface area contributed by atoms with Gasteiger partial charge in [0.05, 0.1) is 30.3 Å². The average molecular weight is 685 g/mol. The molecular weight excluding hydrogens is 644 g/mol. The number of carbonyl (C=O) groups is 3. The van der Waals surface area contributed by atoms with Crippen LogP contribution in [0.15, 0.2) is 54.6 Å². The van der Waals surface area contributed by atoms with Crippen molar-refractivity contribution in [2.75, 3.05) is 17.7 Å². The molecule has 0 saturated carbocycles. The van der Waals surface area contributed by atoms with Gasteiger partial charge in [-0.2, -0.15) is 0 Å². The number of ether oxygens (including phenoxy) is 2. The predicted octanol–water partition coefficient (Wildman–Crippen LogP) is 7.41. The van der Waals surface area contributed by atoms with Crippen molar-refractivity contribution in [2.24, 2.45) is 5.41 Å². The summed E-state index contributed by atoms with van der Waals surface area (Å²) in [6.07, 6.45) is 0.491. The summed E-state index contributed by atoms with van der Waals surface area (Å²) in [6, 6.07) is 13.1. The molecule has 0 radical (unpaired) electrons. The van der Waals surface area contributed by atoms with Crippen molar-refractivity contribution >= 4 is 52.4 Å². The third kappa shape index (κ3) is 6.84. The molecule has 2 amide bonds. The highest BCUT2D eigenvalue weighted by Gasteiger charge is 2.66. The molecule has 1 fully saturated rings. The summed E-state index contributed by atoms with van der Waals surface area (Å²) >= 11 is 12.6. The van der Waals surface area contributed by atoms with E-state index in [1.165, 1.54) is 13.2 Å².